The van der Waals surface area contributed by atoms with Crippen LogP contribution in [-0.2, 0) is 9.53 Å². The summed E-state index contributed by atoms with van der Waals surface area (Å²) in [5.74, 6) is 0.166. The van der Waals surface area contributed by atoms with Crippen LogP contribution in [0, 0.1) is 0 Å². The van der Waals surface area contributed by atoms with E-state index >= 15 is 0 Å². The molecule has 1 N–H and O–H groups in total. The van der Waals surface area contributed by atoms with Crippen LogP contribution in [0.15, 0.2) is 48.6 Å². The highest BCUT2D eigenvalue weighted by molar-refractivity contribution is 5.75. The molecule has 0 spiro atoms. The lowest BCUT2D eigenvalue weighted by molar-refractivity contribution is -0.121. The van der Waals surface area contributed by atoms with Crippen LogP contribution in [0.2, 0.25) is 0 Å². The molecule has 0 aromatic carbocycles. The first-order chi connectivity index (χ1) is 14.8. The van der Waals surface area contributed by atoms with E-state index in [1.54, 1.807) is 0 Å². The highest BCUT2D eigenvalue weighted by Crippen LogP contribution is 2.01. The van der Waals surface area contributed by atoms with Gasteiger partial charge in [-0.05, 0) is 44.9 Å². The quantitative estimate of drug-likeness (QED) is 0.249. The molecule has 0 aromatic heterocycles. The zero-order valence-corrected chi connectivity index (χ0v) is 19.2. The molecule has 0 bridgehead atoms. The summed E-state index contributed by atoms with van der Waals surface area (Å²) in [6.45, 7) is 7.47. The molecule has 0 aliphatic carbocycles. The zero-order valence-electron chi connectivity index (χ0n) is 19.2. The number of hydrogen-bond acceptors (Lipinski definition) is 3. The van der Waals surface area contributed by atoms with Crippen LogP contribution in [0.3, 0.4) is 0 Å². The fourth-order valence-corrected chi connectivity index (χ4v) is 3.21. The van der Waals surface area contributed by atoms with E-state index in [1.165, 1.54) is 25.7 Å². The van der Waals surface area contributed by atoms with Crippen molar-refractivity contribution in [1.82, 2.24) is 10.2 Å². The van der Waals surface area contributed by atoms with E-state index < -0.39 is 0 Å². The standard InChI is InChI=1S/C26H44N2O2/c1-2-3-4-5-6-7-8-9-10-11-12-13-14-15-16-17-18-19-26(29)27-20-21-28-22-24-30-25-23-28/h6-7,9-10,12-13,15-16H,2-5,8,11,14,17-25H2,1H3,(H,27,29)/b7-6-,10-9-,13-12-,16-15-. The van der Waals surface area contributed by atoms with Gasteiger partial charge in [-0.1, -0.05) is 68.4 Å². The first kappa shape index (κ1) is 26.4. The minimum atomic E-state index is 0.166. The van der Waals surface area contributed by atoms with Crippen LogP contribution in [0.1, 0.15) is 71.1 Å². The molecule has 4 nitrogen and oxygen atoms in total. The molecule has 1 fully saturated rings. The maximum Gasteiger partial charge on any atom is 0.220 e. The Balaban J connectivity index is 1.88. The van der Waals surface area contributed by atoms with Gasteiger partial charge >= 0.3 is 0 Å². The lowest BCUT2D eigenvalue weighted by atomic mass is 10.2. The maximum atomic E-state index is 11.8. The van der Waals surface area contributed by atoms with Gasteiger partial charge < -0.3 is 10.1 Å². The van der Waals surface area contributed by atoms with Crippen molar-refractivity contribution in [2.24, 2.45) is 0 Å². The average molecular weight is 417 g/mol. The fourth-order valence-electron chi connectivity index (χ4n) is 3.21. The van der Waals surface area contributed by atoms with E-state index in [0.717, 1.165) is 71.5 Å². The second kappa shape index (κ2) is 20.6. The molecule has 1 amide bonds. The lowest BCUT2D eigenvalue weighted by Gasteiger charge is -2.26. The third-order valence-electron chi connectivity index (χ3n) is 5.09. The van der Waals surface area contributed by atoms with Crippen molar-refractivity contribution in [3.8, 4) is 0 Å². The van der Waals surface area contributed by atoms with Crippen LogP contribution in [0.4, 0.5) is 0 Å². The Labute approximate surface area is 185 Å². The molecule has 1 rings (SSSR count). The molecule has 4 heteroatoms. The number of carbonyl (C=O) groups excluding carboxylic acids is 1. The number of unbranched alkanes of at least 4 members (excludes halogenated alkanes) is 4. The van der Waals surface area contributed by atoms with Gasteiger partial charge in [-0.3, -0.25) is 9.69 Å². The van der Waals surface area contributed by atoms with E-state index in [1.807, 2.05) is 0 Å². The largest absolute Gasteiger partial charge is 0.379 e. The second-order valence-electron chi connectivity index (χ2n) is 7.78. The number of morpholine rings is 1. The minimum absolute atomic E-state index is 0.166. The zero-order chi connectivity index (χ0) is 21.5. The van der Waals surface area contributed by atoms with Crippen molar-refractivity contribution >= 4 is 5.91 Å². The number of rotatable bonds is 17. The number of allylic oxidation sites excluding steroid dienone is 8. The normalized spacial score (nSPS) is 15.9. The highest BCUT2D eigenvalue weighted by atomic mass is 16.5. The van der Waals surface area contributed by atoms with Crippen molar-refractivity contribution in [2.75, 3.05) is 39.4 Å². The van der Waals surface area contributed by atoms with Crippen molar-refractivity contribution in [1.29, 1.82) is 0 Å². The predicted octanol–water partition coefficient (Wildman–Crippen LogP) is 5.58. The Morgan fingerprint density at radius 3 is 2.00 bits per heavy atom. The molecular formula is C26H44N2O2. The minimum Gasteiger partial charge on any atom is -0.379 e. The molecule has 0 saturated carbocycles. The van der Waals surface area contributed by atoms with Gasteiger partial charge in [0, 0.05) is 32.6 Å². The summed E-state index contributed by atoms with van der Waals surface area (Å²) in [6, 6.07) is 0. The molecule has 30 heavy (non-hydrogen) atoms. The molecule has 0 unspecified atom stereocenters. The SMILES string of the molecule is CCCCC/C=C\C/C=C\C/C=C\C/C=C\CCCC(=O)NCCN1CCOCC1. The number of ether oxygens (including phenoxy) is 1. The van der Waals surface area contributed by atoms with Gasteiger partial charge in [-0.15, -0.1) is 0 Å². The Bertz CT molecular complexity index is 517. The Morgan fingerprint density at radius 1 is 0.833 bits per heavy atom. The Hall–Kier alpha value is -1.65. The third kappa shape index (κ3) is 17.2. The summed E-state index contributed by atoms with van der Waals surface area (Å²) < 4.78 is 5.33. The number of amides is 1. The van der Waals surface area contributed by atoms with E-state index in [-0.39, 0.29) is 5.91 Å². The molecule has 0 aromatic rings. The highest BCUT2D eigenvalue weighted by Gasteiger charge is 2.09. The third-order valence-corrected chi connectivity index (χ3v) is 5.09. The topological polar surface area (TPSA) is 41.6 Å². The van der Waals surface area contributed by atoms with Gasteiger partial charge in [0.2, 0.25) is 5.91 Å². The molecular weight excluding hydrogens is 372 g/mol. The molecule has 1 aliphatic heterocycles. The first-order valence-corrected chi connectivity index (χ1v) is 12.0. The summed E-state index contributed by atoms with van der Waals surface area (Å²) >= 11 is 0. The lowest BCUT2D eigenvalue weighted by Crippen LogP contribution is -2.41. The molecule has 1 saturated heterocycles. The van der Waals surface area contributed by atoms with Crippen LogP contribution >= 0.6 is 0 Å². The summed E-state index contributed by atoms with van der Waals surface area (Å²) in [6.07, 6.45) is 28.5. The van der Waals surface area contributed by atoms with Crippen LogP contribution in [0.25, 0.3) is 0 Å². The monoisotopic (exact) mass is 416 g/mol. The average Bonchev–Trinajstić information content (AvgIpc) is 2.76. The summed E-state index contributed by atoms with van der Waals surface area (Å²) in [4.78, 5) is 14.2. The summed E-state index contributed by atoms with van der Waals surface area (Å²) in [5.41, 5.74) is 0. The number of hydrogen-bond donors (Lipinski definition) is 1. The van der Waals surface area contributed by atoms with Gasteiger partial charge in [0.05, 0.1) is 13.2 Å². The van der Waals surface area contributed by atoms with Crippen LogP contribution < -0.4 is 5.32 Å². The fraction of sp³-hybridized carbons (Fsp3) is 0.654. The molecule has 0 atom stereocenters. The van der Waals surface area contributed by atoms with Crippen molar-refractivity contribution in [2.45, 2.75) is 71.1 Å². The van der Waals surface area contributed by atoms with E-state index in [2.05, 4.69) is 65.7 Å². The van der Waals surface area contributed by atoms with Crippen molar-refractivity contribution < 1.29 is 9.53 Å². The smallest absolute Gasteiger partial charge is 0.220 e. The Morgan fingerprint density at radius 2 is 1.40 bits per heavy atom. The number of carbonyl (C=O) groups is 1. The van der Waals surface area contributed by atoms with Crippen molar-refractivity contribution in [3.63, 3.8) is 0 Å². The molecule has 1 heterocycles. The van der Waals surface area contributed by atoms with Gasteiger partial charge in [-0.25, -0.2) is 0 Å². The van der Waals surface area contributed by atoms with Crippen LogP contribution in [-0.4, -0.2) is 50.2 Å². The van der Waals surface area contributed by atoms with E-state index in [9.17, 15) is 4.79 Å². The summed E-state index contributed by atoms with van der Waals surface area (Å²) in [5, 5.41) is 3.02. The van der Waals surface area contributed by atoms with Crippen molar-refractivity contribution in [3.05, 3.63) is 48.6 Å². The molecule has 1 aliphatic rings. The van der Waals surface area contributed by atoms with Gasteiger partial charge in [0.1, 0.15) is 0 Å². The van der Waals surface area contributed by atoms with Gasteiger partial charge in [0.25, 0.3) is 0 Å². The Kier molecular flexibility index (Phi) is 18.1. The van der Waals surface area contributed by atoms with Crippen LogP contribution in [0.5, 0.6) is 0 Å². The maximum absolute atomic E-state index is 11.8. The van der Waals surface area contributed by atoms with Gasteiger partial charge in [0.15, 0.2) is 0 Å². The molecule has 170 valence electrons. The second-order valence-corrected chi connectivity index (χ2v) is 7.78. The molecule has 0 radical (unpaired) electrons. The summed E-state index contributed by atoms with van der Waals surface area (Å²) in [7, 11) is 0. The van der Waals surface area contributed by atoms with E-state index in [0.29, 0.717) is 6.42 Å². The number of nitrogens with zero attached hydrogens (tertiary/aromatic N) is 1. The number of nitrogens with one attached hydrogen (secondary N) is 1. The first-order valence-electron chi connectivity index (χ1n) is 12.0. The van der Waals surface area contributed by atoms with E-state index in [4.69, 9.17) is 4.74 Å². The van der Waals surface area contributed by atoms with Gasteiger partial charge in [-0.2, -0.15) is 0 Å². The predicted molar refractivity (Wildman–Crippen MR) is 129 cm³/mol.